The fraction of sp³-hybridized carbons (Fsp3) is 0.333. The van der Waals surface area contributed by atoms with Crippen LogP contribution in [0, 0.1) is 18.7 Å². The van der Waals surface area contributed by atoms with Gasteiger partial charge in [0.2, 0.25) is 5.91 Å². The molecule has 1 fully saturated rings. The Kier molecular flexibility index (Phi) is 4.05. The maximum absolute atomic E-state index is 12.9. The van der Waals surface area contributed by atoms with Gasteiger partial charge < -0.3 is 14.2 Å². The molecule has 1 aliphatic rings. The average Bonchev–Trinajstić information content (AvgIpc) is 3.12. The first kappa shape index (κ1) is 15.1. The molecule has 1 atom stereocenters. The maximum atomic E-state index is 12.9. The van der Waals surface area contributed by atoms with Gasteiger partial charge in [0.15, 0.2) is 12.4 Å². The van der Waals surface area contributed by atoms with E-state index in [9.17, 15) is 14.0 Å². The van der Waals surface area contributed by atoms with Gasteiger partial charge in [-0.15, -0.1) is 0 Å². The minimum atomic E-state index is -0.573. The lowest BCUT2D eigenvalue weighted by atomic mass is 10.1. The quantitative estimate of drug-likeness (QED) is 0.796. The Hall–Kier alpha value is -2.77. The molecular weight excluding hydrogens is 305 g/mol. The summed E-state index contributed by atoms with van der Waals surface area (Å²) in [7, 11) is 0. The number of anilines is 1. The third-order valence-corrected chi connectivity index (χ3v) is 3.50. The number of benzene rings is 1. The molecule has 1 aromatic carbocycles. The highest BCUT2D eigenvalue weighted by Crippen LogP contribution is 2.26. The van der Waals surface area contributed by atoms with Crippen LogP contribution in [0.5, 0.6) is 0 Å². The highest BCUT2D eigenvalue weighted by molar-refractivity contribution is 5.99. The number of ether oxygens (including phenoxy) is 1. The van der Waals surface area contributed by atoms with Crippen molar-refractivity contribution in [2.45, 2.75) is 20.0 Å². The molecule has 120 valence electrons. The molecule has 3 rings (SSSR count). The van der Waals surface area contributed by atoms with Crippen LogP contribution < -0.4 is 4.90 Å². The van der Waals surface area contributed by atoms with Crippen molar-refractivity contribution in [1.29, 1.82) is 0 Å². The third-order valence-electron chi connectivity index (χ3n) is 3.50. The predicted molar refractivity (Wildman–Crippen MR) is 75.7 cm³/mol. The molecule has 0 radical (unpaired) electrons. The number of nitrogens with zero attached hydrogens (tertiary/aromatic N) is 3. The number of carbonyl (C=O) groups is 2. The van der Waals surface area contributed by atoms with Crippen LogP contribution >= 0.6 is 0 Å². The lowest BCUT2D eigenvalue weighted by molar-refractivity contribution is -0.150. The van der Waals surface area contributed by atoms with Crippen LogP contribution in [0.2, 0.25) is 0 Å². The molecule has 1 amide bonds. The van der Waals surface area contributed by atoms with Crippen molar-refractivity contribution in [3.8, 4) is 0 Å². The first-order chi connectivity index (χ1) is 11.0. The number of hydrogen-bond acceptors (Lipinski definition) is 6. The average molecular weight is 319 g/mol. The number of aryl methyl sites for hydroxylation is 1. The van der Waals surface area contributed by atoms with E-state index in [1.54, 1.807) is 6.92 Å². The van der Waals surface area contributed by atoms with Gasteiger partial charge in [-0.1, -0.05) is 5.16 Å². The van der Waals surface area contributed by atoms with Crippen molar-refractivity contribution in [2.75, 3.05) is 11.4 Å². The number of rotatable bonds is 4. The van der Waals surface area contributed by atoms with Crippen molar-refractivity contribution < 1.29 is 23.2 Å². The smallest absolute Gasteiger partial charge is 0.311 e. The summed E-state index contributed by atoms with van der Waals surface area (Å²) in [4.78, 5) is 29.5. The lowest BCUT2D eigenvalue weighted by Gasteiger charge is -2.16. The van der Waals surface area contributed by atoms with Crippen LogP contribution in [0.3, 0.4) is 0 Å². The Bertz CT molecular complexity index is 729. The molecule has 23 heavy (non-hydrogen) atoms. The third kappa shape index (κ3) is 3.36. The van der Waals surface area contributed by atoms with E-state index < -0.39 is 11.9 Å². The van der Waals surface area contributed by atoms with E-state index in [0.717, 1.165) is 0 Å². The topological polar surface area (TPSA) is 85.5 Å². The van der Waals surface area contributed by atoms with Gasteiger partial charge in [-0.3, -0.25) is 9.59 Å². The van der Waals surface area contributed by atoms with Gasteiger partial charge in [0, 0.05) is 18.7 Å². The lowest BCUT2D eigenvalue weighted by Crippen LogP contribution is -2.26. The molecule has 0 N–H and O–H groups in total. The Labute approximate surface area is 131 Å². The summed E-state index contributed by atoms with van der Waals surface area (Å²) in [5, 5.41) is 3.59. The van der Waals surface area contributed by atoms with Crippen LogP contribution in [-0.4, -0.2) is 28.6 Å². The van der Waals surface area contributed by atoms with Crippen molar-refractivity contribution in [3.63, 3.8) is 0 Å². The van der Waals surface area contributed by atoms with Crippen molar-refractivity contribution in [2.24, 2.45) is 5.92 Å². The first-order valence-electron chi connectivity index (χ1n) is 7.04. The molecule has 0 spiro atoms. The second-order valence-corrected chi connectivity index (χ2v) is 5.22. The molecule has 0 aliphatic carbocycles. The van der Waals surface area contributed by atoms with Crippen LogP contribution in [0.1, 0.15) is 18.1 Å². The van der Waals surface area contributed by atoms with Crippen LogP contribution in [-0.2, 0) is 20.9 Å². The summed E-state index contributed by atoms with van der Waals surface area (Å²) in [6, 6.07) is 5.54. The summed E-state index contributed by atoms with van der Waals surface area (Å²) in [6.07, 6.45) is 0.0546. The van der Waals surface area contributed by atoms with E-state index in [0.29, 0.717) is 11.5 Å². The summed E-state index contributed by atoms with van der Waals surface area (Å²) < 4.78 is 22.9. The van der Waals surface area contributed by atoms with E-state index in [1.165, 1.54) is 29.2 Å². The van der Waals surface area contributed by atoms with Gasteiger partial charge in [0.25, 0.3) is 5.89 Å². The minimum absolute atomic E-state index is 0.0546. The standard InChI is InChI=1S/C15H14FN3O4/c1-9-17-13(23-18-9)8-22-15(21)10-6-14(20)19(7-10)12-4-2-11(16)3-5-12/h2-5,10H,6-8H2,1H3/t10-/m0/s1. The fourth-order valence-corrected chi connectivity index (χ4v) is 2.39. The normalized spacial score (nSPS) is 17.6. The SMILES string of the molecule is Cc1noc(COC(=O)[C@H]2CC(=O)N(c3ccc(F)cc3)C2)n1. The number of hydrogen-bond donors (Lipinski definition) is 0. The molecule has 0 bridgehead atoms. The fourth-order valence-electron chi connectivity index (χ4n) is 2.39. The number of carbonyl (C=O) groups excluding carboxylic acids is 2. The molecule has 1 saturated heterocycles. The second-order valence-electron chi connectivity index (χ2n) is 5.22. The molecular formula is C15H14FN3O4. The van der Waals surface area contributed by atoms with Gasteiger partial charge in [-0.2, -0.15) is 4.98 Å². The Morgan fingerprint density at radius 3 is 2.83 bits per heavy atom. The molecule has 1 aliphatic heterocycles. The number of halogens is 1. The number of esters is 1. The zero-order chi connectivity index (χ0) is 16.4. The number of amides is 1. The number of aromatic nitrogens is 2. The highest BCUT2D eigenvalue weighted by Gasteiger charge is 2.36. The van der Waals surface area contributed by atoms with Gasteiger partial charge in [-0.05, 0) is 31.2 Å². The summed E-state index contributed by atoms with van der Waals surface area (Å²) >= 11 is 0. The largest absolute Gasteiger partial charge is 0.455 e. The predicted octanol–water partition coefficient (Wildman–Crippen LogP) is 1.61. The van der Waals surface area contributed by atoms with Gasteiger partial charge >= 0.3 is 5.97 Å². The van der Waals surface area contributed by atoms with Crippen LogP contribution in [0.25, 0.3) is 0 Å². The van der Waals surface area contributed by atoms with Crippen molar-refractivity contribution in [1.82, 2.24) is 10.1 Å². The monoisotopic (exact) mass is 319 g/mol. The zero-order valence-electron chi connectivity index (χ0n) is 12.4. The summed E-state index contributed by atoms with van der Waals surface area (Å²) in [5.41, 5.74) is 0.555. The molecule has 0 saturated carbocycles. The van der Waals surface area contributed by atoms with Gasteiger partial charge in [-0.25, -0.2) is 4.39 Å². The van der Waals surface area contributed by atoms with Gasteiger partial charge in [0.1, 0.15) is 5.82 Å². The van der Waals surface area contributed by atoms with E-state index in [-0.39, 0.29) is 37.2 Å². The Balaban J connectivity index is 1.60. The highest BCUT2D eigenvalue weighted by atomic mass is 19.1. The van der Waals surface area contributed by atoms with Crippen molar-refractivity contribution >= 4 is 17.6 Å². The van der Waals surface area contributed by atoms with E-state index >= 15 is 0 Å². The molecule has 2 aromatic rings. The van der Waals surface area contributed by atoms with Crippen LogP contribution in [0.15, 0.2) is 28.8 Å². The molecule has 1 aromatic heterocycles. The van der Waals surface area contributed by atoms with E-state index in [2.05, 4.69) is 10.1 Å². The zero-order valence-corrected chi connectivity index (χ0v) is 12.4. The minimum Gasteiger partial charge on any atom is -0.455 e. The summed E-state index contributed by atoms with van der Waals surface area (Å²) in [6.45, 7) is 1.73. The Morgan fingerprint density at radius 2 is 2.17 bits per heavy atom. The Morgan fingerprint density at radius 1 is 1.43 bits per heavy atom. The molecule has 2 heterocycles. The molecule has 0 unspecified atom stereocenters. The van der Waals surface area contributed by atoms with E-state index in [1.807, 2.05) is 0 Å². The first-order valence-corrected chi connectivity index (χ1v) is 7.04. The van der Waals surface area contributed by atoms with E-state index in [4.69, 9.17) is 9.26 Å². The summed E-state index contributed by atoms with van der Waals surface area (Å²) in [5.74, 6) is -1.00. The maximum Gasteiger partial charge on any atom is 0.311 e. The molecule has 8 heteroatoms. The van der Waals surface area contributed by atoms with Crippen LogP contribution in [0.4, 0.5) is 10.1 Å². The second kappa shape index (κ2) is 6.15. The molecule has 7 nitrogen and oxygen atoms in total. The van der Waals surface area contributed by atoms with Gasteiger partial charge in [0.05, 0.1) is 5.92 Å². The van der Waals surface area contributed by atoms with Crippen molar-refractivity contribution in [3.05, 3.63) is 41.8 Å².